The molecule has 2 unspecified atom stereocenters. The Kier molecular flexibility index (Phi) is 3.15. The van der Waals surface area contributed by atoms with Crippen LogP contribution in [0.1, 0.15) is 45.7 Å². The van der Waals surface area contributed by atoms with Gasteiger partial charge >= 0.3 is 0 Å². The molecule has 0 amide bonds. The minimum Gasteiger partial charge on any atom is -0.383 e. The maximum Gasteiger partial charge on any atom is 0.108 e. The van der Waals surface area contributed by atoms with Gasteiger partial charge in [-0.15, -0.1) is 0 Å². The first-order valence-electron chi connectivity index (χ1n) is 6.14. The zero-order valence-corrected chi connectivity index (χ0v) is 12.6. The summed E-state index contributed by atoms with van der Waals surface area (Å²) in [6, 6.07) is 0. The van der Waals surface area contributed by atoms with Gasteiger partial charge in [-0.05, 0) is 46.5 Å². The molecule has 4 heteroatoms. The summed E-state index contributed by atoms with van der Waals surface area (Å²) in [6.45, 7) is 6.69. The van der Waals surface area contributed by atoms with Crippen LogP contribution >= 0.6 is 15.9 Å². The number of aromatic nitrogens is 2. The molecule has 1 saturated carbocycles. The van der Waals surface area contributed by atoms with Gasteiger partial charge in [0.1, 0.15) is 5.60 Å². The van der Waals surface area contributed by atoms with E-state index in [1.165, 1.54) is 6.42 Å². The molecule has 1 heterocycles. The Morgan fingerprint density at radius 2 is 2.12 bits per heavy atom. The fourth-order valence-electron chi connectivity index (χ4n) is 3.64. The average Bonchev–Trinajstić information content (AvgIpc) is 2.41. The standard InChI is InChI=1S/C13H21BrN2O/c1-9-5-12(2,3)8-13(17,6-9)11-10(14)7-15-16(11)4/h7,9,17H,5-6,8H2,1-4H3. The molecule has 1 aliphatic carbocycles. The van der Waals surface area contributed by atoms with Gasteiger partial charge in [0.2, 0.25) is 0 Å². The Bertz CT molecular complexity index is 408. The lowest BCUT2D eigenvalue weighted by Crippen LogP contribution is -2.41. The van der Waals surface area contributed by atoms with Crippen molar-refractivity contribution in [3.8, 4) is 0 Å². The lowest BCUT2D eigenvalue weighted by atomic mass is 9.65. The van der Waals surface area contributed by atoms with Crippen LogP contribution in [0.25, 0.3) is 0 Å². The lowest BCUT2D eigenvalue weighted by molar-refractivity contribution is -0.0694. The smallest absolute Gasteiger partial charge is 0.108 e. The number of aryl methyl sites for hydroxylation is 1. The molecule has 0 spiro atoms. The highest BCUT2D eigenvalue weighted by Crippen LogP contribution is 2.49. The summed E-state index contributed by atoms with van der Waals surface area (Å²) in [7, 11) is 1.89. The first-order chi connectivity index (χ1) is 7.73. The summed E-state index contributed by atoms with van der Waals surface area (Å²) >= 11 is 3.50. The summed E-state index contributed by atoms with van der Waals surface area (Å²) in [6.07, 6.45) is 4.54. The summed E-state index contributed by atoms with van der Waals surface area (Å²) in [5.74, 6) is 0.533. The van der Waals surface area contributed by atoms with Gasteiger partial charge in [0.15, 0.2) is 0 Å². The van der Waals surface area contributed by atoms with Gasteiger partial charge in [0.25, 0.3) is 0 Å². The second-order valence-electron chi connectivity index (χ2n) is 6.35. The quantitative estimate of drug-likeness (QED) is 0.865. The second-order valence-corrected chi connectivity index (χ2v) is 7.21. The van der Waals surface area contributed by atoms with E-state index in [1.54, 1.807) is 10.9 Å². The van der Waals surface area contributed by atoms with Crippen LogP contribution in [0.3, 0.4) is 0 Å². The summed E-state index contributed by atoms with van der Waals surface area (Å²) < 4.78 is 2.70. The lowest BCUT2D eigenvalue weighted by Gasteiger charge is -2.44. The van der Waals surface area contributed by atoms with E-state index in [1.807, 2.05) is 7.05 Å². The zero-order chi connectivity index (χ0) is 12.8. The third-order valence-corrected chi connectivity index (χ3v) is 4.27. The Balaban J connectivity index is 2.42. The number of aliphatic hydroxyl groups is 1. The molecule has 2 atom stereocenters. The molecule has 1 N–H and O–H groups in total. The monoisotopic (exact) mass is 300 g/mol. The van der Waals surface area contributed by atoms with Crippen molar-refractivity contribution in [1.29, 1.82) is 0 Å². The largest absolute Gasteiger partial charge is 0.383 e. The van der Waals surface area contributed by atoms with Gasteiger partial charge in [-0.2, -0.15) is 5.10 Å². The van der Waals surface area contributed by atoms with Gasteiger partial charge < -0.3 is 5.11 Å². The second kappa shape index (κ2) is 4.09. The molecular formula is C13H21BrN2O. The van der Waals surface area contributed by atoms with E-state index in [4.69, 9.17) is 0 Å². The first kappa shape index (κ1) is 13.1. The summed E-state index contributed by atoms with van der Waals surface area (Å²) in [5.41, 5.74) is 0.332. The molecule has 0 aromatic carbocycles. The molecule has 1 aromatic heterocycles. The van der Waals surface area contributed by atoms with Crippen molar-refractivity contribution < 1.29 is 5.11 Å². The Morgan fingerprint density at radius 1 is 1.47 bits per heavy atom. The van der Waals surface area contributed by atoms with E-state index < -0.39 is 5.60 Å². The van der Waals surface area contributed by atoms with Gasteiger partial charge in [-0.25, -0.2) is 0 Å². The van der Waals surface area contributed by atoms with Crippen LogP contribution in [-0.4, -0.2) is 14.9 Å². The number of halogens is 1. The third-order valence-electron chi connectivity index (χ3n) is 3.69. The molecule has 17 heavy (non-hydrogen) atoms. The molecule has 96 valence electrons. The highest BCUT2D eigenvalue weighted by Gasteiger charge is 2.45. The van der Waals surface area contributed by atoms with Gasteiger partial charge in [0.05, 0.1) is 16.4 Å². The average molecular weight is 301 g/mol. The number of nitrogens with zero attached hydrogens (tertiary/aromatic N) is 2. The predicted molar refractivity (Wildman–Crippen MR) is 71.6 cm³/mol. The Labute approximate surface area is 111 Å². The SMILES string of the molecule is CC1CC(C)(C)CC(O)(c2c(Br)cnn2C)C1. The van der Waals surface area contributed by atoms with Crippen molar-refractivity contribution in [2.75, 3.05) is 0 Å². The summed E-state index contributed by atoms with van der Waals surface area (Å²) in [4.78, 5) is 0. The normalized spacial score (nSPS) is 32.7. The summed E-state index contributed by atoms with van der Waals surface area (Å²) in [5, 5.41) is 15.2. The van der Waals surface area contributed by atoms with E-state index in [0.717, 1.165) is 23.0 Å². The Morgan fingerprint density at radius 3 is 2.59 bits per heavy atom. The van der Waals surface area contributed by atoms with Gasteiger partial charge in [-0.3, -0.25) is 4.68 Å². The van der Waals surface area contributed by atoms with E-state index in [-0.39, 0.29) is 5.41 Å². The maximum atomic E-state index is 11.0. The molecule has 2 rings (SSSR count). The molecule has 0 aliphatic heterocycles. The van der Waals surface area contributed by atoms with E-state index >= 15 is 0 Å². The number of hydrogen-bond donors (Lipinski definition) is 1. The van der Waals surface area contributed by atoms with E-state index in [2.05, 4.69) is 41.8 Å². The van der Waals surface area contributed by atoms with Crippen LogP contribution in [0.2, 0.25) is 0 Å². The molecule has 1 aliphatic rings. The molecular weight excluding hydrogens is 280 g/mol. The first-order valence-corrected chi connectivity index (χ1v) is 6.93. The van der Waals surface area contributed by atoms with Gasteiger partial charge in [-0.1, -0.05) is 20.8 Å². The molecule has 0 radical (unpaired) electrons. The highest BCUT2D eigenvalue weighted by atomic mass is 79.9. The van der Waals surface area contributed by atoms with Crippen LogP contribution in [-0.2, 0) is 12.6 Å². The zero-order valence-electron chi connectivity index (χ0n) is 11.0. The minimum absolute atomic E-state index is 0.177. The van der Waals surface area contributed by atoms with Crippen molar-refractivity contribution in [3.05, 3.63) is 16.4 Å². The van der Waals surface area contributed by atoms with Crippen molar-refractivity contribution in [1.82, 2.24) is 9.78 Å². The van der Waals surface area contributed by atoms with Gasteiger partial charge in [0, 0.05) is 7.05 Å². The van der Waals surface area contributed by atoms with Crippen LogP contribution in [0.15, 0.2) is 10.7 Å². The van der Waals surface area contributed by atoms with Crippen molar-refractivity contribution in [3.63, 3.8) is 0 Å². The third kappa shape index (κ3) is 2.43. The molecule has 1 aromatic rings. The van der Waals surface area contributed by atoms with Crippen LogP contribution in [0.4, 0.5) is 0 Å². The molecule has 0 bridgehead atoms. The van der Waals surface area contributed by atoms with Crippen molar-refractivity contribution in [2.24, 2.45) is 18.4 Å². The fraction of sp³-hybridized carbons (Fsp3) is 0.769. The Hall–Kier alpha value is -0.350. The number of rotatable bonds is 1. The molecule has 1 fully saturated rings. The van der Waals surface area contributed by atoms with Crippen molar-refractivity contribution in [2.45, 2.75) is 45.6 Å². The number of hydrogen-bond acceptors (Lipinski definition) is 2. The molecule has 3 nitrogen and oxygen atoms in total. The van der Waals surface area contributed by atoms with Crippen LogP contribution < -0.4 is 0 Å². The minimum atomic E-state index is -0.759. The van der Waals surface area contributed by atoms with Crippen molar-refractivity contribution >= 4 is 15.9 Å². The van der Waals surface area contributed by atoms with Crippen LogP contribution in [0.5, 0.6) is 0 Å². The molecule has 0 saturated heterocycles. The van der Waals surface area contributed by atoms with E-state index in [9.17, 15) is 5.11 Å². The highest BCUT2D eigenvalue weighted by molar-refractivity contribution is 9.10. The predicted octanol–water partition coefficient (Wildman–Crippen LogP) is 3.22. The van der Waals surface area contributed by atoms with Crippen LogP contribution in [0, 0.1) is 11.3 Å². The van der Waals surface area contributed by atoms with E-state index in [0.29, 0.717) is 5.92 Å². The topological polar surface area (TPSA) is 38.1 Å². The fourth-order valence-corrected chi connectivity index (χ4v) is 4.36. The maximum absolute atomic E-state index is 11.0.